The molecule has 230 valence electrons. The zero-order valence-electron chi connectivity index (χ0n) is 25.8. The second kappa shape index (κ2) is 29.8. The van der Waals surface area contributed by atoms with E-state index in [0.29, 0.717) is 6.42 Å². The molecule has 0 bridgehead atoms. The van der Waals surface area contributed by atoms with Gasteiger partial charge in [0.2, 0.25) is 5.91 Å². The van der Waals surface area contributed by atoms with Crippen LogP contribution in [0.2, 0.25) is 0 Å². The molecule has 0 fully saturated rings. The second-order valence-electron chi connectivity index (χ2n) is 11.4. The molecule has 0 aromatic heterocycles. The van der Waals surface area contributed by atoms with E-state index < -0.39 is 24.2 Å². The van der Waals surface area contributed by atoms with Gasteiger partial charge in [0, 0.05) is 0 Å². The van der Waals surface area contributed by atoms with Crippen LogP contribution in [0, 0.1) is 0 Å². The highest BCUT2D eigenvalue weighted by Crippen LogP contribution is 2.14. The van der Waals surface area contributed by atoms with Crippen LogP contribution in [0.1, 0.15) is 162 Å². The maximum atomic E-state index is 12.3. The predicted octanol–water partition coefficient (Wildman–Crippen LogP) is 8.31. The Hall–Kier alpha value is -1.17. The highest BCUT2D eigenvalue weighted by molar-refractivity contribution is 5.80. The van der Waals surface area contributed by atoms with Crippen molar-refractivity contribution in [2.24, 2.45) is 0 Å². The van der Waals surface area contributed by atoms with Crippen LogP contribution < -0.4 is 5.32 Å². The normalized spacial score (nSPS) is 14.3. The summed E-state index contributed by atoms with van der Waals surface area (Å²) in [5.74, 6) is -0.523. The molecule has 5 heteroatoms. The van der Waals surface area contributed by atoms with Crippen molar-refractivity contribution in [1.29, 1.82) is 0 Å². The number of nitrogens with one attached hydrogen (secondary N) is 1. The van der Waals surface area contributed by atoms with Gasteiger partial charge in [0.1, 0.15) is 6.10 Å². The van der Waals surface area contributed by atoms with Crippen LogP contribution in [0.25, 0.3) is 0 Å². The van der Waals surface area contributed by atoms with Gasteiger partial charge in [-0.2, -0.15) is 0 Å². The minimum Gasteiger partial charge on any atom is -0.394 e. The first-order chi connectivity index (χ1) is 19.1. The number of carbonyl (C=O) groups excluding carboxylic acids is 1. The lowest BCUT2D eigenvalue weighted by molar-refractivity contribution is -0.131. The van der Waals surface area contributed by atoms with Gasteiger partial charge in [-0.15, -0.1) is 0 Å². The van der Waals surface area contributed by atoms with Crippen LogP contribution in [0.3, 0.4) is 0 Å². The molecule has 4 N–H and O–H groups in total. The Balaban J connectivity index is 3.77. The summed E-state index contributed by atoms with van der Waals surface area (Å²) >= 11 is 0. The van der Waals surface area contributed by atoms with E-state index in [1.165, 1.54) is 116 Å². The molecule has 0 aromatic carbocycles. The first kappa shape index (κ1) is 37.8. The molecule has 0 aromatic rings. The van der Waals surface area contributed by atoms with E-state index in [9.17, 15) is 20.1 Å². The Morgan fingerprint density at radius 3 is 1.54 bits per heavy atom. The second-order valence-corrected chi connectivity index (χ2v) is 11.4. The monoisotopic (exact) mass is 551 g/mol. The van der Waals surface area contributed by atoms with Crippen LogP contribution in [0.4, 0.5) is 0 Å². The van der Waals surface area contributed by atoms with Crippen molar-refractivity contribution < 1.29 is 20.1 Å². The fourth-order valence-corrected chi connectivity index (χ4v) is 4.89. The van der Waals surface area contributed by atoms with Crippen molar-refractivity contribution in [2.75, 3.05) is 6.61 Å². The highest BCUT2D eigenvalue weighted by Gasteiger charge is 2.22. The summed E-state index contributed by atoms with van der Waals surface area (Å²) < 4.78 is 0. The van der Waals surface area contributed by atoms with Crippen LogP contribution in [0.5, 0.6) is 0 Å². The maximum Gasteiger partial charge on any atom is 0.249 e. The molecule has 0 aliphatic carbocycles. The fraction of sp³-hybridized carbons (Fsp3) is 0.853. The Morgan fingerprint density at radius 2 is 1.08 bits per heavy atom. The molecule has 3 atom stereocenters. The van der Waals surface area contributed by atoms with Crippen molar-refractivity contribution in [3.8, 4) is 0 Å². The largest absolute Gasteiger partial charge is 0.394 e. The highest BCUT2D eigenvalue weighted by atomic mass is 16.3. The SMILES string of the molecule is CCCCCCC/C=C/C=C/[C@@H](O)[C@H](CO)NC(=O)C(O)CCCCCCCCCCCCCCCCCC. The quantitative estimate of drug-likeness (QED) is 0.0556. The van der Waals surface area contributed by atoms with Gasteiger partial charge in [0.05, 0.1) is 18.8 Å². The van der Waals surface area contributed by atoms with Gasteiger partial charge in [-0.1, -0.05) is 167 Å². The third-order valence-corrected chi connectivity index (χ3v) is 7.60. The molecule has 39 heavy (non-hydrogen) atoms. The summed E-state index contributed by atoms with van der Waals surface area (Å²) in [5, 5.41) is 32.7. The maximum absolute atomic E-state index is 12.3. The van der Waals surface area contributed by atoms with E-state index in [2.05, 4.69) is 25.2 Å². The number of allylic oxidation sites excluding steroid dienone is 3. The Kier molecular flexibility index (Phi) is 28.9. The lowest BCUT2D eigenvalue weighted by atomic mass is 10.0. The van der Waals surface area contributed by atoms with Gasteiger partial charge in [-0.3, -0.25) is 4.79 Å². The number of aliphatic hydroxyl groups is 3. The summed E-state index contributed by atoms with van der Waals surface area (Å²) in [6.07, 6.45) is 33.4. The lowest BCUT2D eigenvalue weighted by Gasteiger charge is -2.21. The number of rotatable bonds is 29. The standard InChI is InChI=1S/C34H65NO4/c1-3-5-7-9-11-13-14-15-16-17-18-19-21-23-25-27-29-33(38)34(39)35-31(30-36)32(37)28-26-24-22-20-12-10-8-6-4-2/h22,24,26,28,31-33,36-38H,3-21,23,25,27,29-30H2,1-2H3,(H,35,39)/b24-22+,28-26+/t31-,32+,33?/m0/s1. The van der Waals surface area contributed by atoms with Crippen LogP contribution in [0.15, 0.2) is 24.3 Å². The van der Waals surface area contributed by atoms with Gasteiger partial charge < -0.3 is 20.6 Å². The van der Waals surface area contributed by atoms with Gasteiger partial charge in [-0.25, -0.2) is 0 Å². The van der Waals surface area contributed by atoms with Crippen LogP contribution in [-0.4, -0.2) is 46.1 Å². The van der Waals surface area contributed by atoms with Crippen molar-refractivity contribution >= 4 is 5.91 Å². The molecular weight excluding hydrogens is 486 g/mol. The molecule has 1 amide bonds. The zero-order valence-corrected chi connectivity index (χ0v) is 25.8. The molecule has 0 saturated heterocycles. The van der Waals surface area contributed by atoms with E-state index in [0.717, 1.165) is 25.7 Å². The summed E-state index contributed by atoms with van der Waals surface area (Å²) in [4.78, 5) is 12.3. The fourth-order valence-electron chi connectivity index (χ4n) is 4.89. The van der Waals surface area contributed by atoms with Gasteiger partial charge in [-0.05, 0) is 19.3 Å². The summed E-state index contributed by atoms with van der Waals surface area (Å²) in [5.41, 5.74) is 0. The number of unbranched alkanes of at least 4 members (excludes halogenated alkanes) is 20. The number of hydrogen-bond donors (Lipinski definition) is 4. The molecule has 0 aliphatic heterocycles. The van der Waals surface area contributed by atoms with Crippen LogP contribution >= 0.6 is 0 Å². The Bertz CT molecular complexity index is 578. The minimum atomic E-state index is -1.10. The van der Waals surface area contributed by atoms with Crippen molar-refractivity contribution in [1.82, 2.24) is 5.32 Å². The van der Waals surface area contributed by atoms with Crippen molar-refractivity contribution in [3.05, 3.63) is 24.3 Å². The molecule has 0 spiro atoms. The van der Waals surface area contributed by atoms with Crippen LogP contribution in [-0.2, 0) is 4.79 Å². The molecule has 0 rings (SSSR count). The Morgan fingerprint density at radius 1 is 0.641 bits per heavy atom. The summed E-state index contributed by atoms with van der Waals surface area (Å²) in [6.45, 7) is 4.09. The van der Waals surface area contributed by atoms with E-state index in [-0.39, 0.29) is 6.61 Å². The van der Waals surface area contributed by atoms with E-state index >= 15 is 0 Å². The Labute approximate surface area is 241 Å². The average molecular weight is 552 g/mol. The number of amides is 1. The summed E-state index contributed by atoms with van der Waals surface area (Å²) in [6, 6.07) is -0.823. The molecular formula is C34H65NO4. The van der Waals surface area contributed by atoms with E-state index in [1.807, 2.05) is 6.08 Å². The number of hydrogen-bond acceptors (Lipinski definition) is 4. The number of carbonyl (C=O) groups is 1. The number of aliphatic hydroxyl groups excluding tert-OH is 3. The lowest BCUT2D eigenvalue weighted by Crippen LogP contribution is -2.48. The molecule has 5 nitrogen and oxygen atoms in total. The summed E-state index contributed by atoms with van der Waals surface area (Å²) in [7, 11) is 0. The molecule has 1 unspecified atom stereocenters. The minimum absolute atomic E-state index is 0.385. The molecule has 0 saturated carbocycles. The van der Waals surface area contributed by atoms with Gasteiger partial charge in [0.25, 0.3) is 0 Å². The smallest absolute Gasteiger partial charge is 0.249 e. The predicted molar refractivity (Wildman–Crippen MR) is 167 cm³/mol. The van der Waals surface area contributed by atoms with Gasteiger partial charge in [0.15, 0.2) is 0 Å². The van der Waals surface area contributed by atoms with E-state index in [4.69, 9.17) is 0 Å². The van der Waals surface area contributed by atoms with E-state index in [1.54, 1.807) is 12.2 Å². The van der Waals surface area contributed by atoms with Gasteiger partial charge >= 0.3 is 0 Å². The first-order valence-electron chi connectivity index (χ1n) is 16.7. The molecule has 0 heterocycles. The zero-order chi connectivity index (χ0) is 28.8. The topological polar surface area (TPSA) is 89.8 Å². The third kappa shape index (κ3) is 25.5. The first-order valence-corrected chi connectivity index (χ1v) is 16.7. The van der Waals surface area contributed by atoms with Crippen molar-refractivity contribution in [2.45, 2.75) is 180 Å². The molecule has 0 radical (unpaired) electrons. The molecule has 0 aliphatic rings. The average Bonchev–Trinajstić information content (AvgIpc) is 2.94. The third-order valence-electron chi connectivity index (χ3n) is 7.60. The van der Waals surface area contributed by atoms with Crippen molar-refractivity contribution in [3.63, 3.8) is 0 Å².